The smallest absolute Gasteiger partial charge is 0.153 e. The van der Waals surface area contributed by atoms with Gasteiger partial charge in [-0.25, -0.2) is 9.50 Å². The molecule has 0 saturated heterocycles. The minimum atomic E-state index is 0.413. The highest BCUT2D eigenvalue weighted by Crippen LogP contribution is 2.24. The highest BCUT2D eigenvalue weighted by molar-refractivity contribution is 9.10. The number of anilines is 2. The molecule has 1 aromatic carbocycles. The first-order valence-electron chi connectivity index (χ1n) is 5.83. The summed E-state index contributed by atoms with van der Waals surface area (Å²) in [5.41, 5.74) is 8.15. The van der Waals surface area contributed by atoms with Gasteiger partial charge in [0.05, 0.1) is 17.6 Å². The maximum absolute atomic E-state index is 5.57. The minimum absolute atomic E-state index is 0.413. The lowest BCUT2D eigenvalue weighted by Gasteiger charge is -2.07. The van der Waals surface area contributed by atoms with Gasteiger partial charge in [0, 0.05) is 11.0 Å². The molecule has 3 rings (SSSR count). The number of hydrogen-bond donors (Lipinski definition) is 2. The van der Waals surface area contributed by atoms with Gasteiger partial charge in [0.25, 0.3) is 0 Å². The number of nitrogens with zero attached hydrogens (tertiary/aromatic N) is 3. The molecule has 0 bridgehead atoms. The van der Waals surface area contributed by atoms with Gasteiger partial charge in [-0.15, -0.1) is 5.10 Å². The molecule has 2 heterocycles. The average Bonchev–Trinajstić information content (AvgIpc) is 2.83. The Bertz CT molecular complexity index is 722. The van der Waals surface area contributed by atoms with Crippen LogP contribution in [-0.2, 0) is 6.54 Å². The molecule has 2 aromatic heterocycles. The van der Waals surface area contributed by atoms with Crippen LogP contribution in [0.1, 0.15) is 5.69 Å². The summed E-state index contributed by atoms with van der Waals surface area (Å²) in [6, 6.07) is 11.7. The Morgan fingerprint density at radius 3 is 2.84 bits per heavy atom. The lowest BCUT2D eigenvalue weighted by atomic mass is 10.3. The zero-order valence-electron chi connectivity index (χ0n) is 10.0. The lowest BCUT2D eigenvalue weighted by molar-refractivity contribution is 0.934. The zero-order chi connectivity index (χ0) is 13.2. The fourth-order valence-corrected chi connectivity index (χ4v) is 2.18. The van der Waals surface area contributed by atoms with Gasteiger partial charge in [0.2, 0.25) is 0 Å². The third kappa shape index (κ3) is 2.45. The number of aromatic nitrogens is 3. The van der Waals surface area contributed by atoms with Crippen LogP contribution in [0.15, 0.2) is 47.1 Å². The molecule has 0 aliphatic heterocycles. The van der Waals surface area contributed by atoms with E-state index in [-0.39, 0.29) is 0 Å². The predicted octanol–water partition coefficient (Wildman–Crippen LogP) is 2.69. The fourth-order valence-electron chi connectivity index (χ4n) is 1.80. The molecule has 5 nitrogen and oxygen atoms in total. The van der Waals surface area contributed by atoms with Crippen molar-refractivity contribution in [3.8, 4) is 0 Å². The number of hydrogen-bond acceptors (Lipinski definition) is 4. The zero-order valence-corrected chi connectivity index (χ0v) is 11.6. The van der Waals surface area contributed by atoms with Crippen LogP contribution in [0.2, 0.25) is 0 Å². The Morgan fingerprint density at radius 2 is 2.05 bits per heavy atom. The summed E-state index contributed by atoms with van der Waals surface area (Å²) in [4.78, 5) is 4.34. The SMILES string of the molecule is NCc1cn2nc(Nc3ccccc3Br)ccc2n1. The van der Waals surface area contributed by atoms with E-state index in [1.807, 2.05) is 42.6 Å². The third-order valence-corrected chi connectivity index (χ3v) is 3.41. The van der Waals surface area contributed by atoms with Gasteiger partial charge >= 0.3 is 0 Å². The molecule has 0 spiro atoms. The molecular weight excluding hydrogens is 306 g/mol. The van der Waals surface area contributed by atoms with E-state index in [1.165, 1.54) is 0 Å². The van der Waals surface area contributed by atoms with E-state index in [0.29, 0.717) is 6.54 Å². The first kappa shape index (κ1) is 12.1. The summed E-state index contributed by atoms with van der Waals surface area (Å²) >= 11 is 3.49. The summed E-state index contributed by atoms with van der Waals surface area (Å²) < 4.78 is 2.71. The minimum Gasteiger partial charge on any atom is -0.338 e. The van der Waals surface area contributed by atoms with Crippen molar-refractivity contribution >= 4 is 33.1 Å². The molecule has 6 heteroatoms. The summed E-state index contributed by atoms with van der Waals surface area (Å²) in [6.07, 6.45) is 1.83. The maximum atomic E-state index is 5.57. The predicted molar refractivity (Wildman–Crippen MR) is 78.3 cm³/mol. The highest BCUT2D eigenvalue weighted by Gasteiger charge is 2.04. The first-order chi connectivity index (χ1) is 9.26. The van der Waals surface area contributed by atoms with Gasteiger partial charge < -0.3 is 11.1 Å². The topological polar surface area (TPSA) is 68.2 Å². The maximum Gasteiger partial charge on any atom is 0.153 e. The molecule has 0 unspecified atom stereocenters. The molecule has 0 fully saturated rings. The Labute approximate surface area is 118 Å². The van der Waals surface area contributed by atoms with Crippen LogP contribution in [0.5, 0.6) is 0 Å². The third-order valence-electron chi connectivity index (χ3n) is 2.72. The molecule has 0 amide bonds. The van der Waals surface area contributed by atoms with Crippen LogP contribution in [0, 0.1) is 0 Å². The molecular formula is C13H12BrN5. The average molecular weight is 318 g/mol. The van der Waals surface area contributed by atoms with Crippen LogP contribution in [0.4, 0.5) is 11.5 Å². The van der Waals surface area contributed by atoms with E-state index < -0.39 is 0 Å². The second-order valence-corrected chi connectivity index (χ2v) is 4.92. The molecule has 0 radical (unpaired) electrons. The molecule has 0 saturated carbocycles. The van der Waals surface area contributed by atoms with Crippen molar-refractivity contribution in [3.63, 3.8) is 0 Å². The largest absolute Gasteiger partial charge is 0.338 e. The Morgan fingerprint density at radius 1 is 1.21 bits per heavy atom. The van der Waals surface area contributed by atoms with Crippen LogP contribution < -0.4 is 11.1 Å². The molecule has 0 atom stereocenters. The molecule has 19 heavy (non-hydrogen) atoms. The van der Waals surface area contributed by atoms with Gasteiger partial charge in [-0.1, -0.05) is 12.1 Å². The Balaban J connectivity index is 1.95. The molecule has 3 aromatic rings. The van der Waals surface area contributed by atoms with Gasteiger partial charge in [0.15, 0.2) is 11.5 Å². The summed E-state index contributed by atoms with van der Waals surface area (Å²) in [6.45, 7) is 0.413. The van der Waals surface area contributed by atoms with E-state index in [4.69, 9.17) is 5.73 Å². The monoisotopic (exact) mass is 317 g/mol. The summed E-state index contributed by atoms with van der Waals surface area (Å²) in [7, 11) is 0. The number of fused-ring (bicyclic) bond motifs is 1. The number of rotatable bonds is 3. The van der Waals surface area contributed by atoms with Crippen molar-refractivity contribution in [3.05, 3.63) is 52.8 Å². The van der Waals surface area contributed by atoms with Crippen LogP contribution in [-0.4, -0.2) is 14.6 Å². The van der Waals surface area contributed by atoms with E-state index in [9.17, 15) is 0 Å². The second-order valence-electron chi connectivity index (χ2n) is 4.06. The van der Waals surface area contributed by atoms with Crippen molar-refractivity contribution in [2.45, 2.75) is 6.54 Å². The van der Waals surface area contributed by atoms with E-state index in [0.717, 1.165) is 27.3 Å². The normalized spacial score (nSPS) is 10.8. The van der Waals surface area contributed by atoms with Crippen LogP contribution >= 0.6 is 15.9 Å². The second kappa shape index (κ2) is 4.99. The standard InChI is InChI=1S/C13H12BrN5/c14-10-3-1-2-4-11(10)17-12-5-6-13-16-9(7-15)8-19(13)18-12/h1-6,8H,7,15H2,(H,17,18). The van der Waals surface area contributed by atoms with E-state index in [1.54, 1.807) is 4.52 Å². The number of benzene rings is 1. The van der Waals surface area contributed by atoms with Crippen molar-refractivity contribution < 1.29 is 0 Å². The highest BCUT2D eigenvalue weighted by atomic mass is 79.9. The van der Waals surface area contributed by atoms with Crippen molar-refractivity contribution in [1.29, 1.82) is 0 Å². The molecule has 0 aliphatic carbocycles. The molecule has 96 valence electrons. The number of halogens is 1. The number of nitrogens with two attached hydrogens (primary N) is 1. The van der Waals surface area contributed by atoms with Gasteiger partial charge in [0.1, 0.15) is 0 Å². The molecule has 3 N–H and O–H groups in total. The Kier molecular flexibility index (Phi) is 3.18. The number of imidazole rings is 1. The van der Waals surface area contributed by atoms with Crippen molar-refractivity contribution in [1.82, 2.24) is 14.6 Å². The van der Waals surface area contributed by atoms with Crippen molar-refractivity contribution in [2.75, 3.05) is 5.32 Å². The molecule has 0 aliphatic rings. The van der Waals surface area contributed by atoms with Gasteiger partial charge in [-0.3, -0.25) is 0 Å². The van der Waals surface area contributed by atoms with Gasteiger partial charge in [-0.05, 0) is 40.2 Å². The van der Waals surface area contributed by atoms with Crippen molar-refractivity contribution in [2.24, 2.45) is 5.73 Å². The summed E-state index contributed by atoms with van der Waals surface area (Å²) in [5, 5.41) is 7.70. The Hall–Kier alpha value is -1.92. The number of nitrogens with one attached hydrogen (secondary N) is 1. The number of para-hydroxylation sites is 1. The van der Waals surface area contributed by atoms with E-state index >= 15 is 0 Å². The lowest BCUT2D eigenvalue weighted by Crippen LogP contribution is -1.98. The summed E-state index contributed by atoms with van der Waals surface area (Å²) in [5.74, 6) is 0.750. The first-order valence-corrected chi connectivity index (χ1v) is 6.62. The van der Waals surface area contributed by atoms with Crippen LogP contribution in [0.3, 0.4) is 0 Å². The quantitative estimate of drug-likeness (QED) is 0.779. The van der Waals surface area contributed by atoms with E-state index in [2.05, 4.69) is 31.3 Å². The fraction of sp³-hybridized carbons (Fsp3) is 0.0769. The van der Waals surface area contributed by atoms with Crippen LogP contribution in [0.25, 0.3) is 5.65 Å². The van der Waals surface area contributed by atoms with Gasteiger partial charge in [-0.2, -0.15) is 0 Å².